The average Bonchev–Trinajstić information content (AvgIpc) is 2.18. The Kier molecular flexibility index (Phi) is 4.64. The van der Waals surface area contributed by atoms with Crippen LogP contribution in [0.25, 0.3) is 0 Å². The molecule has 3 heteroatoms. The van der Waals surface area contributed by atoms with E-state index in [-0.39, 0.29) is 0 Å². The van der Waals surface area contributed by atoms with Gasteiger partial charge in [-0.2, -0.15) is 5.26 Å². The monoisotopic (exact) mass is 252 g/mol. The lowest BCUT2D eigenvalue weighted by molar-refractivity contribution is 0.747. The Bertz CT molecular complexity index is 342. The van der Waals surface area contributed by atoms with E-state index in [4.69, 9.17) is 5.26 Å². The molecule has 0 aliphatic heterocycles. The van der Waals surface area contributed by atoms with Crippen molar-refractivity contribution in [2.24, 2.45) is 0 Å². The van der Waals surface area contributed by atoms with Crippen LogP contribution in [0.1, 0.15) is 11.1 Å². The van der Waals surface area contributed by atoms with E-state index in [9.17, 15) is 0 Å². The predicted molar refractivity (Wildman–Crippen MR) is 61.1 cm³/mol. The smallest absolute Gasteiger partial charge is 0.0841 e. The maximum absolute atomic E-state index is 8.34. The van der Waals surface area contributed by atoms with Crippen molar-refractivity contribution in [3.8, 4) is 6.07 Å². The van der Waals surface area contributed by atoms with Crippen molar-refractivity contribution >= 4 is 15.9 Å². The van der Waals surface area contributed by atoms with Crippen molar-refractivity contribution in [3.63, 3.8) is 0 Å². The zero-order valence-electron chi connectivity index (χ0n) is 8.18. The van der Waals surface area contributed by atoms with Crippen molar-refractivity contribution in [2.45, 2.75) is 13.3 Å². The Morgan fingerprint density at radius 3 is 3.00 bits per heavy atom. The number of rotatable bonds is 4. The molecule has 0 spiro atoms. The first-order valence-electron chi connectivity index (χ1n) is 4.56. The molecule has 0 bridgehead atoms. The molecule has 1 rings (SSSR count). The summed E-state index contributed by atoms with van der Waals surface area (Å²) in [4.78, 5) is 0. The molecule has 0 radical (unpaired) electrons. The van der Waals surface area contributed by atoms with Gasteiger partial charge in [0.1, 0.15) is 0 Å². The summed E-state index contributed by atoms with van der Waals surface area (Å²) < 4.78 is 1.11. The Morgan fingerprint density at radius 1 is 1.50 bits per heavy atom. The third kappa shape index (κ3) is 3.49. The highest BCUT2D eigenvalue weighted by molar-refractivity contribution is 9.10. The first-order valence-corrected chi connectivity index (χ1v) is 5.36. The van der Waals surface area contributed by atoms with E-state index in [1.165, 1.54) is 11.1 Å². The minimum absolute atomic E-state index is 0.424. The molecule has 1 N–H and O–H groups in total. The number of benzene rings is 1. The molecule has 1 aromatic rings. The fraction of sp³-hybridized carbons (Fsp3) is 0.364. The lowest BCUT2D eigenvalue weighted by Gasteiger charge is -2.06. The van der Waals surface area contributed by atoms with Crippen LogP contribution >= 0.6 is 15.9 Å². The Hall–Kier alpha value is -0.850. The van der Waals surface area contributed by atoms with E-state index < -0.39 is 0 Å². The van der Waals surface area contributed by atoms with Crippen LogP contribution in [0.2, 0.25) is 0 Å². The van der Waals surface area contributed by atoms with Gasteiger partial charge in [0.25, 0.3) is 0 Å². The summed E-state index contributed by atoms with van der Waals surface area (Å²) in [6.07, 6.45) is 0.965. The normalized spacial score (nSPS) is 9.79. The van der Waals surface area contributed by atoms with Gasteiger partial charge in [0, 0.05) is 11.0 Å². The van der Waals surface area contributed by atoms with E-state index in [0.717, 1.165) is 17.4 Å². The van der Waals surface area contributed by atoms with E-state index in [1.807, 2.05) is 6.07 Å². The number of nitrogens with one attached hydrogen (secondary N) is 1. The Labute approximate surface area is 93.1 Å². The van der Waals surface area contributed by atoms with Gasteiger partial charge in [-0.1, -0.05) is 22.0 Å². The van der Waals surface area contributed by atoms with Crippen molar-refractivity contribution in [2.75, 3.05) is 13.1 Å². The quantitative estimate of drug-likeness (QED) is 0.660. The van der Waals surface area contributed by atoms with E-state index in [0.29, 0.717) is 6.54 Å². The first-order chi connectivity index (χ1) is 6.74. The number of hydrogen-bond acceptors (Lipinski definition) is 2. The lowest BCUT2D eigenvalue weighted by atomic mass is 10.1. The zero-order chi connectivity index (χ0) is 10.4. The van der Waals surface area contributed by atoms with Crippen LogP contribution in [-0.4, -0.2) is 13.1 Å². The summed E-state index contributed by atoms with van der Waals surface area (Å²) in [7, 11) is 0. The van der Waals surface area contributed by atoms with Gasteiger partial charge in [0.05, 0.1) is 12.6 Å². The van der Waals surface area contributed by atoms with Crippen LogP contribution in [0.15, 0.2) is 22.7 Å². The van der Waals surface area contributed by atoms with Crippen molar-refractivity contribution < 1.29 is 0 Å². The summed E-state index contributed by atoms with van der Waals surface area (Å²) in [5.41, 5.74) is 2.62. The molecule has 0 atom stereocenters. The van der Waals surface area contributed by atoms with Gasteiger partial charge in [-0.05, 0) is 36.6 Å². The molecule has 0 fully saturated rings. The lowest BCUT2D eigenvalue weighted by Crippen LogP contribution is -2.17. The van der Waals surface area contributed by atoms with E-state index >= 15 is 0 Å². The van der Waals surface area contributed by atoms with Crippen LogP contribution < -0.4 is 5.32 Å². The minimum atomic E-state index is 0.424. The molecular weight excluding hydrogens is 240 g/mol. The zero-order valence-corrected chi connectivity index (χ0v) is 9.76. The summed E-state index contributed by atoms with van der Waals surface area (Å²) in [5, 5.41) is 11.4. The second-order valence-corrected chi connectivity index (χ2v) is 4.07. The maximum Gasteiger partial charge on any atom is 0.0841 e. The molecule has 0 unspecified atom stereocenters. The Balaban J connectivity index is 2.50. The molecule has 0 aromatic heterocycles. The van der Waals surface area contributed by atoms with Gasteiger partial charge < -0.3 is 5.32 Å². The van der Waals surface area contributed by atoms with Crippen LogP contribution in [-0.2, 0) is 6.42 Å². The number of hydrogen-bond donors (Lipinski definition) is 1. The number of halogens is 1. The maximum atomic E-state index is 8.34. The largest absolute Gasteiger partial charge is 0.304 e. The molecule has 0 saturated carbocycles. The van der Waals surface area contributed by atoms with E-state index in [2.05, 4.69) is 46.4 Å². The summed E-state index contributed by atoms with van der Waals surface area (Å²) in [5.74, 6) is 0. The number of aryl methyl sites for hydroxylation is 1. The van der Waals surface area contributed by atoms with Crippen LogP contribution in [0.3, 0.4) is 0 Å². The Morgan fingerprint density at radius 2 is 2.29 bits per heavy atom. The average molecular weight is 253 g/mol. The molecule has 74 valence electrons. The SMILES string of the molecule is Cc1ccc(Br)cc1CCNCC#N. The molecule has 14 heavy (non-hydrogen) atoms. The van der Waals surface area contributed by atoms with Gasteiger partial charge in [-0.25, -0.2) is 0 Å². The van der Waals surface area contributed by atoms with Crippen molar-refractivity contribution in [1.29, 1.82) is 5.26 Å². The highest BCUT2D eigenvalue weighted by Crippen LogP contribution is 2.16. The van der Waals surface area contributed by atoms with E-state index in [1.54, 1.807) is 0 Å². The molecule has 2 nitrogen and oxygen atoms in total. The molecule has 0 amide bonds. The molecular formula is C11H13BrN2. The third-order valence-corrected chi connectivity index (χ3v) is 2.58. The topological polar surface area (TPSA) is 35.8 Å². The van der Waals surface area contributed by atoms with Crippen molar-refractivity contribution in [3.05, 3.63) is 33.8 Å². The highest BCUT2D eigenvalue weighted by Gasteiger charge is 1.98. The third-order valence-electron chi connectivity index (χ3n) is 2.09. The second kappa shape index (κ2) is 5.79. The van der Waals surface area contributed by atoms with Gasteiger partial charge in [-0.3, -0.25) is 0 Å². The summed E-state index contributed by atoms with van der Waals surface area (Å²) in [6.45, 7) is 3.38. The number of nitriles is 1. The molecule has 0 saturated heterocycles. The first kappa shape index (κ1) is 11.2. The molecule has 0 heterocycles. The van der Waals surface area contributed by atoms with Crippen molar-refractivity contribution in [1.82, 2.24) is 5.32 Å². The predicted octanol–water partition coefficient (Wildman–Crippen LogP) is 2.41. The second-order valence-electron chi connectivity index (χ2n) is 3.16. The highest BCUT2D eigenvalue weighted by atomic mass is 79.9. The van der Waals surface area contributed by atoms with Crippen LogP contribution in [0, 0.1) is 18.3 Å². The minimum Gasteiger partial charge on any atom is -0.304 e. The fourth-order valence-corrected chi connectivity index (χ4v) is 1.69. The molecule has 0 aliphatic carbocycles. The van der Waals surface area contributed by atoms with Gasteiger partial charge in [-0.15, -0.1) is 0 Å². The summed E-state index contributed by atoms with van der Waals surface area (Å²) >= 11 is 3.45. The van der Waals surface area contributed by atoms with Gasteiger partial charge >= 0.3 is 0 Å². The van der Waals surface area contributed by atoms with Gasteiger partial charge in [0.2, 0.25) is 0 Å². The molecule has 1 aromatic carbocycles. The fourth-order valence-electron chi connectivity index (χ4n) is 1.28. The van der Waals surface area contributed by atoms with Crippen LogP contribution in [0.4, 0.5) is 0 Å². The van der Waals surface area contributed by atoms with Gasteiger partial charge in [0.15, 0.2) is 0 Å². The summed E-state index contributed by atoms with van der Waals surface area (Å²) in [6, 6.07) is 8.33. The molecule has 0 aliphatic rings. The number of nitrogens with zero attached hydrogens (tertiary/aromatic N) is 1. The standard InChI is InChI=1S/C11H13BrN2/c1-9-2-3-11(12)8-10(9)4-6-14-7-5-13/h2-3,8,14H,4,6-7H2,1H3. The van der Waals surface area contributed by atoms with Crippen LogP contribution in [0.5, 0.6) is 0 Å².